The quantitative estimate of drug-likeness (QED) is 0.837. The van der Waals surface area contributed by atoms with E-state index in [1.165, 1.54) is 0 Å². The highest BCUT2D eigenvalue weighted by Gasteiger charge is 2.15. The summed E-state index contributed by atoms with van der Waals surface area (Å²) in [7, 11) is 1.91. The number of aromatic nitrogens is 3. The van der Waals surface area contributed by atoms with E-state index in [2.05, 4.69) is 23.9 Å². The first-order valence-electron chi connectivity index (χ1n) is 5.34. The molecule has 0 fully saturated rings. The molecule has 0 atom stereocenters. The minimum atomic E-state index is 0.359. The molecule has 2 rings (SSSR count). The van der Waals surface area contributed by atoms with Crippen LogP contribution in [0.1, 0.15) is 25.5 Å². The van der Waals surface area contributed by atoms with Crippen LogP contribution in [0.15, 0.2) is 24.5 Å². The fraction of sp³-hybridized carbons (Fsp3) is 0.333. The van der Waals surface area contributed by atoms with Gasteiger partial charge in [0.1, 0.15) is 0 Å². The van der Waals surface area contributed by atoms with Gasteiger partial charge < -0.3 is 5.73 Å². The predicted molar refractivity (Wildman–Crippen MR) is 64.9 cm³/mol. The molecular weight excluding hydrogens is 200 g/mol. The number of aryl methyl sites for hydroxylation is 1. The van der Waals surface area contributed by atoms with E-state index in [0.717, 1.165) is 17.0 Å². The number of nitrogens with two attached hydrogens (primary N) is 1. The van der Waals surface area contributed by atoms with Gasteiger partial charge in [-0.25, -0.2) is 0 Å². The molecule has 2 N–H and O–H groups in total. The van der Waals surface area contributed by atoms with E-state index >= 15 is 0 Å². The molecule has 0 unspecified atom stereocenters. The van der Waals surface area contributed by atoms with Gasteiger partial charge in [-0.1, -0.05) is 13.8 Å². The van der Waals surface area contributed by atoms with Gasteiger partial charge in [0, 0.05) is 25.0 Å². The van der Waals surface area contributed by atoms with Crippen molar-refractivity contribution in [2.75, 3.05) is 5.73 Å². The highest BCUT2D eigenvalue weighted by molar-refractivity contribution is 5.73. The second-order valence-electron chi connectivity index (χ2n) is 4.20. The molecule has 0 bridgehead atoms. The molecule has 0 aliphatic heterocycles. The fourth-order valence-corrected chi connectivity index (χ4v) is 1.76. The maximum absolute atomic E-state index is 5.93. The van der Waals surface area contributed by atoms with Crippen LogP contribution in [-0.4, -0.2) is 14.8 Å². The van der Waals surface area contributed by atoms with Crippen LogP contribution in [0.3, 0.4) is 0 Å². The second-order valence-corrected chi connectivity index (χ2v) is 4.20. The van der Waals surface area contributed by atoms with Crippen molar-refractivity contribution in [2.24, 2.45) is 7.05 Å². The number of anilines is 1. The maximum Gasteiger partial charge on any atom is 0.0965 e. The van der Waals surface area contributed by atoms with Crippen molar-refractivity contribution in [2.45, 2.75) is 19.8 Å². The average molecular weight is 216 g/mol. The second kappa shape index (κ2) is 3.96. The lowest BCUT2D eigenvalue weighted by atomic mass is 10.0. The van der Waals surface area contributed by atoms with E-state index in [1.807, 2.05) is 25.4 Å². The van der Waals surface area contributed by atoms with Crippen molar-refractivity contribution >= 4 is 5.69 Å². The van der Waals surface area contributed by atoms with Crippen molar-refractivity contribution in [1.29, 1.82) is 0 Å². The Morgan fingerprint density at radius 3 is 2.75 bits per heavy atom. The van der Waals surface area contributed by atoms with E-state index in [0.29, 0.717) is 11.6 Å². The molecule has 4 heteroatoms. The van der Waals surface area contributed by atoms with Crippen LogP contribution in [-0.2, 0) is 7.05 Å². The number of nitrogen functional groups attached to an aromatic ring is 1. The molecule has 0 aromatic carbocycles. The van der Waals surface area contributed by atoms with Crippen LogP contribution in [0.2, 0.25) is 0 Å². The summed E-state index contributed by atoms with van der Waals surface area (Å²) in [4.78, 5) is 4.33. The number of nitrogens with zero attached hydrogens (tertiary/aromatic N) is 3. The van der Waals surface area contributed by atoms with Gasteiger partial charge in [0.2, 0.25) is 0 Å². The Labute approximate surface area is 95.1 Å². The highest BCUT2D eigenvalue weighted by Crippen LogP contribution is 2.29. The lowest BCUT2D eigenvalue weighted by Crippen LogP contribution is -1.96. The van der Waals surface area contributed by atoms with Crippen LogP contribution < -0.4 is 5.73 Å². The van der Waals surface area contributed by atoms with Crippen molar-refractivity contribution in [3.63, 3.8) is 0 Å². The molecule has 0 saturated carbocycles. The fourth-order valence-electron chi connectivity index (χ4n) is 1.76. The number of rotatable bonds is 2. The smallest absolute Gasteiger partial charge is 0.0965 e. The molecule has 0 saturated heterocycles. The maximum atomic E-state index is 5.93. The van der Waals surface area contributed by atoms with Gasteiger partial charge in [0.25, 0.3) is 0 Å². The van der Waals surface area contributed by atoms with Gasteiger partial charge >= 0.3 is 0 Å². The topological polar surface area (TPSA) is 56.7 Å². The van der Waals surface area contributed by atoms with Gasteiger partial charge in [-0.05, 0) is 18.1 Å². The summed E-state index contributed by atoms with van der Waals surface area (Å²) in [6, 6.07) is 3.70. The minimum absolute atomic E-state index is 0.359. The standard InChI is InChI=1S/C12H16N4/c1-8(2)11-9(7-16(3)15-11)12-10(13)5-4-6-14-12/h4-8H,13H2,1-3H3. The first-order valence-corrected chi connectivity index (χ1v) is 5.34. The molecule has 2 aromatic heterocycles. The summed E-state index contributed by atoms with van der Waals surface area (Å²) in [5, 5.41) is 4.45. The Morgan fingerprint density at radius 1 is 1.38 bits per heavy atom. The molecule has 2 aromatic rings. The normalized spacial score (nSPS) is 11.0. The summed E-state index contributed by atoms with van der Waals surface area (Å²) in [6.45, 7) is 4.23. The average Bonchev–Trinajstić information content (AvgIpc) is 2.61. The molecule has 0 radical (unpaired) electrons. The third-order valence-corrected chi connectivity index (χ3v) is 2.50. The van der Waals surface area contributed by atoms with Gasteiger partial charge in [-0.2, -0.15) is 5.10 Å². The Bertz CT molecular complexity index is 499. The van der Waals surface area contributed by atoms with Crippen LogP contribution in [0, 0.1) is 0 Å². The molecular formula is C12H16N4. The Hall–Kier alpha value is -1.84. The van der Waals surface area contributed by atoms with Crippen molar-refractivity contribution < 1.29 is 0 Å². The molecule has 84 valence electrons. The molecule has 16 heavy (non-hydrogen) atoms. The lowest BCUT2D eigenvalue weighted by Gasteiger charge is -2.06. The Morgan fingerprint density at radius 2 is 2.12 bits per heavy atom. The molecule has 0 aliphatic carbocycles. The van der Waals surface area contributed by atoms with Gasteiger partial charge in [0.05, 0.1) is 17.1 Å². The third-order valence-electron chi connectivity index (χ3n) is 2.50. The van der Waals surface area contributed by atoms with Crippen molar-refractivity contribution in [1.82, 2.24) is 14.8 Å². The zero-order valence-corrected chi connectivity index (χ0v) is 9.81. The van der Waals surface area contributed by atoms with Crippen LogP contribution in [0.5, 0.6) is 0 Å². The van der Waals surface area contributed by atoms with Crippen molar-refractivity contribution in [3.05, 3.63) is 30.2 Å². The number of pyridine rings is 1. The Kier molecular flexibility index (Phi) is 2.64. The highest BCUT2D eigenvalue weighted by atomic mass is 15.3. The third kappa shape index (κ3) is 1.78. The summed E-state index contributed by atoms with van der Waals surface area (Å²) < 4.78 is 1.80. The monoisotopic (exact) mass is 216 g/mol. The van der Waals surface area contributed by atoms with E-state index in [9.17, 15) is 0 Å². The summed E-state index contributed by atoms with van der Waals surface area (Å²) in [5.41, 5.74) is 9.50. The summed E-state index contributed by atoms with van der Waals surface area (Å²) in [6.07, 6.45) is 3.72. The number of hydrogen-bond acceptors (Lipinski definition) is 3. The van der Waals surface area contributed by atoms with Gasteiger partial charge in [0.15, 0.2) is 0 Å². The van der Waals surface area contributed by atoms with Gasteiger partial charge in [-0.15, -0.1) is 0 Å². The lowest BCUT2D eigenvalue weighted by molar-refractivity contribution is 0.713. The molecule has 0 spiro atoms. The first-order chi connectivity index (χ1) is 7.59. The van der Waals surface area contributed by atoms with Gasteiger partial charge in [-0.3, -0.25) is 9.67 Å². The zero-order chi connectivity index (χ0) is 11.7. The van der Waals surface area contributed by atoms with E-state index in [4.69, 9.17) is 5.73 Å². The predicted octanol–water partition coefficient (Wildman–Crippen LogP) is 2.19. The number of hydrogen-bond donors (Lipinski definition) is 1. The Balaban J connectivity index is 2.60. The van der Waals surface area contributed by atoms with E-state index in [1.54, 1.807) is 10.9 Å². The molecule has 4 nitrogen and oxygen atoms in total. The van der Waals surface area contributed by atoms with E-state index in [-0.39, 0.29) is 0 Å². The minimum Gasteiger partial charge on any atom is -0.397 e. The zero-order valence-electron chi connectivity index (χ0n) is 9.81. The first kappa shape index (κ1) is 10.7. The SMILES string of the molecule is CC(C)c1nn(C)cc1-c1ncccc1N. The van der Waals surface area contributed by atoms with Crippen LogP contribution in [0.4, 0.5) is 5.69 Å². The van der Waals surface area contributed by atoms with Crippen LogP contribution in [0.25, 0.3) is 11.3 Å². The van der Waals surface area contributed by atoms with Crippen LogP contribution >= 0.6 is 0 Å². The molecule has 2 heterocycles. The molecule has 0 amide bonds. The molecule has 0 aliphatic rings. The van der Waals surface area contributed by atoms with Crippen molar-refractivity contribution in [3.8, 4) is 11.3 Å². The van der Waals surface area contributed by atoms with E-state index < -0.39 is 0 Å². The summed E-state index contributed by atoms with van der Waals surface area (Å²) >= 11 is 0. The summed E-state index contributed by atoms with van der Waals surface area (Å²) in [5.74, 6) is 0.359. The largest absolute Gasteiger partial charge is 0.397 e.